The fourth-order valence-electron chi connectivity index (χ4n) is 3.29. The minimum atomic E-state index is -1.22. The molecule has 2 aliphatic rings. The number of halogens is 1. The van der Waals surface area contributed by atoms with E-state index in [4.69, 9.17) is 14.2 Å². The van der Waals surface area contributed by atoms with Crippen LogP contribution in [0.25, 0.3) is 6.08 Å². The molecule has 2 aromatic rings. The molecule has 4 rings (SSSR count). The van der Waals surface area contributed by atoms with Crippen LogP contribution in [0.15, 0.2) is 72.8 Å². The van der Waals surface area contributed by atoms with Crippen molar-refractivity contribution in [2.75, 3.05) is 0 Å². The Bertz CT molecular complexity index is 935. The van der Waals surface area contributed by atoms with Gasteiger partial charge in [0, 0.05) is 12.2 Å². The van der Waals surface area contributed by atoms with E-state index in [1.165, 1.54) is 24.3 Å². The average molecular weight is 380 g/mol. The molecule has 2 heterocycles. The van der Waals surface area contributed by atoms with Gasteiger partial charge in [0.2, 0.25) is 5.79 Å². The summed E-state index contributed by atoms with van der Waals surface area (Å²) in [5.74, 6) is -2.62. The van der Waals surface area contributed by atoms with Gasteiger partial charge in [0.25, 0.3) is 0 Å². The molecule has 0 bridgehead atoms. The van der Waals surface area contributed by atoms with Crippen molar-refractivity contribution in [3.8, 4) is 0 Å². The van der Waals surface area contributed by atoms with E-state index in [0.29, 0.717) is 5.56 Å². The van der Waals surface area contributed by atoms with Gasteiger partial charge in [-0.3, -0.25) is 0 Å². The van der Waals surface area contributed by atoms with Gasteiger partial charge in [0.1, 0.15) is 18.0 Å². The highest BCUT2D eigenvalue weighted by Gasteiger charge is 2.52. The minimum absolute atomic E-state index is 0.199. The number of ether oxygens (including phenoxy) is 3. The molecule has 0 aromatic heterocycles. The molecule has 0 radical (unpaired) electrons. The van der Waals surface area contributed by atoms with Crippen LogP contribution in [0.5, 0.6) is 0 Å². The third-order valence-corrected chi connectivity index (χ3v) is 4.57. The summed E-state index contributed by atoms with van der Waals surface area (Å²) in [5, 5.41) is 0. The summed E-state index contributed by atoms with van der Waals surface area (Å²) in [4.78, 5) is 23.8. The summed E-state index contributed by atoms with van der Waals surface area (Å²) in [7, 11) is 0. The molecule has 142 valence electrons. The molecule has 5 nitrogen and oxygen atoms in total. The van der Waals surface area contributed by atoms with Crippen LogP contribution in [-0.2, 0) is 23.8 Å². The maximum Gasteiger partial charge on any atom is 0.333 e. The summed E-state index contributed by atoms with van der Waals surface area (Å²) in [6, 6.07) is 15.0. The average Bonchev–Trinajstić information content (AvgIpc) is 3.24. The molecule has 0 unspecified atom stereocenters. The lowest BCUT2D eigenvalue weighted by atomic mass is 10.0. The lowest BCUT2D eigenvalue weighted by Crippen LogP contribution is -2.27. The van der Waals surface area contributed by atoms with E-state index < -0.39 is 29.9 Å². The highest BCUT2D eigenvalue weighted by atomic mass is 19.1. The fourth-order valence-corrected chi connectivity index (χ4v) is 3.29. The largest absolute Gasteiger partial charge is 0.456 e. The summed E-state index contributed by atoms with van der Waals surface area (Å²) in [6.45, 7) is 0. The standard InChI is InChI=1S/C22H17FO5/c23-17-9-6-15(7-10-17)8-11-19(24)26-18-14-22(13-12-20(25)27-22)28-21(18)16-4-2-1-3-5-16/h1-13,18,21H,14H2/b11-8+/t18-,21-,22-/m0/s1. The van der Waals surface area contributed by atoms with Gasteiger partial charge in [-0.2, -0.15) is 0 Å². The molecule has 1 saturated heterocycles. The predicted octanol–water partition coefficient (Wildman–Crippen LogP) is 3.72. The van der Waals surface area contributed by atoms with E-state index in [1.54, 1.807) is 24.3 Å². The number of carbonyl (C=O) groups is 2. The van der Waals surface area contributed by atoms with Crippen LogP contribution >= 0.6 is 0 Å². The van der Waals surface area contributed by atoms with E-state index in [2.05, 4.69) is 0 Å². The number of hydrogen-bond acceptors (Lipinski definition) is 5. The van der Waals surface area contributed by atoms with Crippen molar-refractivity contribution in [2.45, 2.75) is 24.4 Å². The molecule has 0 amide bonds. The molecular formula is C22H17FO5. The second kappa shape index (κ2) is 7.40. The van der Waals surface area contributed by atoms with Gasteiger partial charge in [-0.15, -0.1) is 0 Å². The molecule has 2 aromatic carbocycles. The van der Waals surface area contributed by atoms with Crippen LogP contribution in [0.1, 0.15) is 23.7 Å². The van der Waals surface area contributed by atoms with E-state index in [1.807, 2.05) is 30.3 Å². The third kappa shape index (κ3) is 3.87. The minimum Gasteiger partial charge on any atom is -0.456 e. The van der Waals surface area contributed by atoms with Gasteiger partial charge in [-0.25, -0.2) is 14.0 Å². The first kappa shape index (κ1) is 18.1. The zero-order valence-corrected chi connectivity index (χ0v) is 14.8. The van der Waals surface area contributed by atoms with Gasteiger partial charge in [0.15, 0.2) is 0 Å². The Hall–Kier alpha value is -3.25. The monoisotopic (exact) mass is 380 g/mol. The first-order chi connectivity index (χ1) is 13.5. The number of rotatable bonds is 4. The Morgan fingerprint density at radius 1 is 1.14 bits per heavy atom. The number of esters is 2. The number of benzene rings is 2. The van der Waals surface area contributed by atoms with Crippen molar-refractivity contribution < 1.29 is 28.2 Å². The molecule has 1 spiro atoms. The molecule has 0 N–H and O–H groups in total. The second-order valence-corrected chi connectivity index (χ2v) is 6.58. The third-order valence-electron chi connectivity index (χ3n) is 4.57. The fraction of sp³-hybridized carbons (Fsp3) is 0.182. The Balaban J connectivity index is 1.50. The Labute approximate surface area is 161 Å². The zero-order chi connectivity index (χ0) is 19.6. The molecule has 3 atom stereocenters. The predicted molar refractivity (Wildman–Crippen MR) is 98.2 cm³/mol. The molecular weight excluding hydrogens is 363 g/mol. The summed E-state index contributed by atoms with van der Waals surface area (Å²) in [5.41, 5.74) is 1.49. The van der Waals surface area contributed by atoms with Crippen molar-refractivity contribution in [2.24, 2.45) is 0 Å². The van der Waals surface area contributed by atoms with Gasteiger partial charge in [0.05, 0.1) is 6.42 Å². The molecule has 0 saturated carbocycles. The normalized spacial score (nSPS) is 26.1. The van der Waals surface area contributed by atoms with Gasteiger partial charge < -0.3 is 14.2 Å². The van der Waals surface area contributed by atoms with E-state index >= 15 is 0 Å². The van der Waals surface area contributed by atoms with Gasteiger partial charge in [-0.05, 0) is 35.4 Å². The highest BCUT2D eigenvalue weighted by molar-refractivity contribution is 5.87. The Kier molecular flexibility index (Phi) is 4.79. The zero-order valence-electron chi connectivity index (χ0n) is 14.8. The topological polar surface area (TPSA) is 61.8 Å². The Morgan fingerprint density at radius 3 is 2.57 bits per heavy atom. The second-order valence-electron chi connectivity index (χ2n) is 6.58. The van der Waals surface area contributed by atoms with E-state index in [-0.39, 0.29) is 12.2 Å². The lowest BCUT2D eigenvalue weighted by Gasteiger charge is -2.21. The van der Waals surface area contributed by atoms with Gasteiger partial charge >= 0.3 is 11.9 Å². The molecule has 0 aliphatic carbocycles. The number of carbonyl (C=O) groups excluding carboxylic acids is 2. The smallest absolute Gasteiger partial charge is 0.333 e. The molecule has 2 aliphatic heterocycles. The SMILES string of the molecule is O=C1C=C[C@]2(C[C@H](OC(=O)/C=C/c3ccc(F)cc3)[C@H](c3ccccc3)O2)O1. The van der Waals surface area contributed by atoms with Crippen molar-refractivity contribution in [3.05, 3.63) is 89.8 Å². The highest BCUT2D eigenvalue weighted by Crippen LogP contribution is 2.44. The van der Waals surface area contributed by atoms with Crippen molar-refractivity contribution in [1.29, 1.82) is 0 Å². The first-order valence-corrected chi connectivity index (χ1v) is 8.82. The van der Waals surface area contributed by atoms with E-state index in [0.717, 1.165) is 5.56 Å². The number of hydrogen-bond donors (Lipinski definition) is 0. The van der Waals surface area contributed by atoms with Crippen LogP contribution in [0.3, 0.4) is 0 Å². The molecule has 1 fully saturated rings. The molecule has 28 heavy (non-hydrogen) atoms. The maximum atomic E-state index is 13.0. The van der Waals surface area contributed by atoms with Crippen LogP contribution in [0, 0.1) is 5.82 Å². The Morgan fingerprint density at radius 2 is 1.89 bits per heavy atom. The van der Waals surface area contributed by atoms with Crippen molar-refractivity contribution >= 4 is 18.0 Å². The summed E-state index contributed by atoms with van der Waals surface area (Å²) >= 11 is 0. The van der Waals surface area contributed by atoms with Gasteiger partial charge in [-0.1, -0.05) is 42.5 Å². The van der Waals surface area contributed by atoms with Crippen LogP contribution in [0.4, 0.5) is 4.39 Å². The van der Waals surface area contributed by atoms with E-state index in [9.17, 15) is 14.0 Å². The first-order valence-electron chi connectivity index (χ1n) is 8.82. The van der Waals surface area contributed by atoms with Crippen LogP contribution in [0.2, 0.25) is 0 Å². The quantitative estimate of drug-likeness (QED) is 0.598. The summed E-state index contributed by atoms with van der Waals surface area (Å²) in [6.07, 6.45) is 4.67. The lowest BCUT2D eigenvalue weighted by molar-refractivity contribution is -0.193. The summed E-state index contributed by atoms with van der Waals surface area (Å²) < 4.78 is 29.8. The van der Waals surface area contributed by atoms with Crippen LogP contribution in [-0.4, -0.2) is 23.8 Å². The molecule has 6 heteroatoms. The maximum absolute atomic E-state index is 13.0. The van der Waals surface area contributed by atoms with Crippen molar-refractivity contribution in [1.82, 2.24) is 0 Å². The van der Waals surface area contributed by atoms with Crippen molar-refractivity contribution in [3.63, 3.8) is 0 Å². The van der Waals surface area contributed by atoms with Crippen LogP contribution < -0.4 is 0 Å².